The summed E-state index contributed by atoms with van der Waals surface area (Å²) in [4.78, 5) is 43.3. The zero-order valence-corrected chi connectivity index (χ0v) is 19.7. The van der Waals surface area contributed by atoms with Crippen molar-refractivity contribution in [3.05, 3.63) is 59.7 Å². The number of morpholine rings is 1. The van der Waals surface area contributed by atoms with Gasteiger partial charge in [0.1, 0.15) is 6.54 Å². The molecule has 2 heterocycles. The number of nitrogens with zero attached hydrogens (tertiary/aromatic N) is 3. The van der Waals surface area contributed by atoms with Crippen LogP contribution in [0, 0.1) is 0 Å². The summed E-state index contributed by atoms with van der Waals surface area (Å²) in [6.07, 6.45) is 1.47. The number of benzene rings is 2. The fraction of sp³-hybridized carbons (Fsp3) is 0.423. The fourth-order valence-electron chi connectivity index (χ4n) is 4.36. The predicted octanol–water partition coefficient (Wildman–Crippen LogP) is 2.75. The SMILES string of the molecule is CCN(CC(=O)Nc1ccc(N2CCOCC2)cc1)C(=O)c1cccc(CN2CCCC2=O)c1. The van der Waals surface area contributed by atoms with Gasteiger partial charge in [-0.2, -0.15) is 0 Å². The second kappa shape index (κ2) is 11.2. The number of rotatable bonds is 8. The van der Waals surface area contributed by atoms with Crippen LogP contribution in [0.25, 0.3) is 0 Å². The van der Waals surface area contributed by atoms with Gasteiger partial charge in [-0.25, -0.2) is 0 Å². The van der Waals surface area contributed by atoms with E-state index in [-0.39, 0.29) is 24.3 Å². The van der Waals surface area contributed by atoms with Crippen molar-refractivity contribution in [2.75, 3.05) is 56.2 Å². The molecule has 2 aliphatic heterocycles. The van der Waals surface area contributed by atoms with Gasteiger partial charge in [0, 0.05) is 56.1 Å². The molecule has 2 aromatic carbocycles. The van der Waals surface area contributed by atoms with E-state index < -0.39 is 0 Å². The first-order valence-electron chi connectivity index (χ1n) is 11.9. The van der Waals surface area contributed by atoms with Crippen LogP contribution in [0.15, 0.2) is 48.5 Å². The largest absolute Gasteiger partial charge is 0.378 e. The maximum absolute atomic E-state index is 13.1. The first kappa shape index (κ1) is 23.8. The maximum atomic E-state index is 13.1. The molecule has 4 rings (SSSR count). The van der Waals surface area contributed by atoms with Gasteiger partial charge >= 0.3 is 0 Å². The molecule has 34 heavy (non-hydrogen) atoms. The number of likely N-dealkylation sites (tertiary alicyclic amines) is 1. The van der Waals surface area contributed by atoms with Gasteiger partial charge in [0.15, 0.2) is 0 Å². The van der Waals surface area contributed by atoms with E-state index in [1.807, 2.05) is 54.3 Å². The standard InChI is InChI=1S/C26H32N4O4/c1-2-28(26(33)21-6-3-5-20(17-21)18-30-12-4-7-25(30)32)19-24(31)27-22-8-10-23(11-9-22)29-13-15-34-16-14-29/h3,5-6,8-11,17H,2,4,7,12-16,18-19H2,1H3,(H,27,31). The molecule has 0 unspecified atom stereocenters. The van der Waals surface area contributed by atoms with Crippen molar-refractivity contribution in [1.82, 2.24) is 9.80 Å². The number of hydrogen-bond donors (Lipinski definition) is 1. The van der Waals surface area contributed by atoms with E-state index >= 15 is 0 Å². The van der Waals surface area contributed by atoms with Crippen LogP contribution >= 0.6 is 0 Å². The predicted molar refractivity (Wildman–Crippen MR) is 131 cm³/mol. The Morgan fingerprint density at radius 1 is 1.06 bits per heavy atom. The van der Waals surface area contributed by atoms with Crippen LogP contribution in [0.2, 0.25) is 0 Å². The highest BCUT2D eigenvalue weighted by Gasteiger charge is 2.22. The van der Waals surface area contributed by atoms with E-state index in [2.05, 4.69) is 10.2 Å². The van der Waals surface area contributed by atoms with Crippen LogP contribution in [-0.2, 0) is 20.9 Å². The van der Waals surface area contributed by atoms with Gasteiger partial charge in [-0.15, -0.1) is 0 Å². The molecule has 8 heteroatoms. The molecule has 180 valence electrons. The Balaban J connectivity index is 1.34. The van der Waals surface area contributed by atoms with E-state index in [9.17, 15) is 14.4 Å². The average molecular weight is 465 g/mol. The van der Waals surface area contributed by atoms with Gasteiger partial charge in [0.25, 0.3) is 5.91 Å². The second-order valence-corrected chi connectivity index (χ2v) is 8.63. The van der Waals surface area contributed by atoms with Crippen LogP contribution in [0.5, 0.6) is 0 Å². The number of carbonyl (C=O) groups is 3. The number of hydrogen-bond acceptors (Lipinski definition) is 5. The van der Waals surface area contributed by atoms with Gasteiger partial charge < -0.3 is 24.8 Å². The number of likely N-dealkylation sites (N-methyl/N-ethyl adjacent to an activating group) is 1. The highest BCUT2D eigenvalue weighted by atomic mass is 16.5. The van der Waals surface area contributed by atoms with Crippen molar-refractivity contribution in [3.63, 3.8) is 0 Å². The molecule has 0 aromatic heterocycles. The third-order valence-electron chi connectivity index (χ3n) is 6.25. The molecule has 0 aliphatic carbocycles. The number of anilines is 2. The summed E-state index contributed by atoms with van der Waals surface area (Å²) < 4.78 is 5.39. The minimum absolute atomic E-state index is 0.0324. The first-order chi connectivity index (χ1) is 16.5. The minimum atomic E-state index is -0.242. The molecular formula is C26H32N4O4. The monoisotopic (exact) mass is 464 g/mol. The van der Waals surface area contributed by atoms with Gasteiger partial charge in [-0.1, -0.05) is 12.1 Å². The van der Waals surface area contributed by atoms with Crippen molar-refractivity contribution in [2.45, 2.75) is 26.3 Å². The smallest absolute Gasteiger partial charge is 0.254 e. The summed E-state index contributed by atoms with van der Waals surface area (Å²) in [6, 6.07) is 15.1. The normalized spacial score (nSPS) is 16.0. The summed E-state index contributed by atoms with van der Waals surface area (Å²) in [7, 11) is 0. The molecular weight excluding hydrogens is 432 g/mol. The van der Waals surface area contributed by atoms with Crippen molar-refractivity contribution < 1.29 is 19.1 Å². The zero-order valence-electron chi connectivity index (χ0n) is 19.7. The summed E-state index contributed by atoms with van der Waals surface area (Å²) in [5.41, 5.74) is 3.24. The van der Waals surface area contributed by atoms with Crippen molar-refractivity contribution in [2.24, 2.45) is 0 Å². The van der Waals surface area contributed by atoms with E-state index in [1.165, 1.54) is 4.90 Å². The zero-order chi connectivity index (χ0) is 23.9. The Bertz CT molecular complexity index is 1020. The third-order valence-corrected chi connectivity index (χ3v) is 6.25. The molecule has 1 N–H and O–H groups in total. The average Bonchev–Trinajstić information content (AvgIpc) is 3.27. The summed E-state index contributed by atoms with van der Waals surface area (Å²) >= 11 is 0. The first-order valence-corrected chi connectivity index (χ1v) is 11.9. The second-order valence-electron chi connectivity index (χ2n) is 8.63. The van der Waals surface area contributed by atoms with Crippen molar-refractivity contribution in [1.29, 1.82) is 0 Å². The minimum Gasteiger partial charge on any atom is -0.378 e. The maximum Gasteiger partial charge on any atom is 0.254 e. The summed E-state index contributed by atoms with van der Waals surface area (Å²) in [6.45, 7) is 6.65. The molecule has 0 bridgehead atoms. The summed E-state index contributed by atoms with van der Waals surface area (Å²) in [5.74, 6) is -0.287. The Labute approximate surface area is 200 Å². The lowest BCUT2D eigenvalue weighted by molar-refractivity contribution is -0.128. The Morgan fingerprint density at radius 2 is 1.82 bits per heavy atom. The van der Waals surface area contributed by atoms with E-state index in [0.717, 1.165) is 50.5 Å². The lowest BCUT2D eigenvalue weighted by Crippen LogP contribution is -2.38. The van der Waals surface area contributed by atoms with Crippen LogP contribution in [-0.4, -0.2) is 73.5 Å². The van der Waals surface area contributed by atoms with E-state index in [4.69, 9.17) is 4.74 Å². The van der Waals surface area contributed by atoms with Gasteiger partial charge in [0.05, 0.1) is 13.2 Å². The van der Waals surface area contributed by atoms with Crippen LogP contribution < -0.4 is 10.2 Å². The summed E-state index contributed by atoms with van der Waals surface area (Å²) in [5, 5.41) is 2.89. The van der Waals surface area contributed by atoms with E-state index in [0.29, 0.717) is 30.8 Å². The number of ether oxygens (including phenoxy) is 1. The highest BCUT2D eigenvalue weighted by molar-refractivity contribution is 5.99. The number of nitrogens with one attached hydrogen (secondary N) is 1. The van der Waals surface area contributed by atoms with Gasteiger partial charge in [-0.05, 0) is 55.3 Å². The molecule has 3 amide bonds. The Morgan fingerprint density at radius 3 is 2.50 bits per heavy atom. The topological polar surface area (TPSA) is 82.2 Å². The Hall–Kier alpha value is -3.39. The molecule has 2 aromatic rings. The van der Waals surface area contributed by atoms with Crippen LogP contribution in [0.3, 0.4) is 0 Å². The molecule has 0 saturated carbocycles. The molecule has 0 atom stereocenters. The van der Waals surface area contributed by atoms with Crippen molar-refractivity contribution >= 4 is 29.1 Å². The molecule has 0 radical (unpaired) electrons. The quantitative estimate of drug-likeness (QED) is 0.650. The lowest BCUT2D eigenvalue weighted by atomic mass is 10.1. The fourth-order valence-corrected chi connectivity index (χ4v) is 4.36. The van der Waals surface area contributed by atoms with E-state index in [1.54, 1.807) is 6.07 Å². The highest BCUT2D eigenvalue weighted by Crippen LogP contribution is 2.19. The van der Waals surface area contributed by atoms with Gasteiger partial charge in [-0.3, -0.25) is 14.4 Å². The molecule has 0 spiro atoms. The van der Waals surface area contributed by atoms with Crippen LogP contribution in [0.4, 0.5) is 11.4 Å². The number of carbonyl (C=O) groups excluding carboxylic acids is 3. The molecule has 8 nitrogen and oxygen atoms in total. The lowest BCUT2D eigenvalue weighted by Gasteiger charge is -2.29. The number of amides is 3. The molecule has 2 fully saturated rings. The van der Waals surface area contributed by atoms with Crippen molar-refractivity contribution in [3.8, 4) is 0 Å². The van der Waals surface area contributed by atoms with Crippen LogP contribution in [0.1, 0.15) is 35.7 Å². The van der Waals surface area contributed by atoms with Gasteiger partial charge in [0.2, 0.25) is 11.8 Å². The third kappa shape index (κ3) is 5.94. The Kier molecular flexibility index (Phi) is 7.80. The molecule has 2 aliphatic rings. The molecule has 2 saturated heterocycles.